The summed E-state index contributed by atoms with van der Waals surface area (Å²) in [6.07, 6.45) is 4.77. The number of halogens is 1. The topological polar surface area (TPSA) is 85.2 Å². The van der Waals surface area contributed by atoms with Gasteiger partial charge >= 0.3 is 0 Å². The highest BCUT2D eigenvalue weighted by Crippen LogP contribution is 2.27. The minimum Gasteiger partial charge on any atom is -0.494 e. The van der Waals surface area contributed by atoms with Gasteiger partial charge in [-0.15, -0.1) is 12.4 Å². The number of hydrogen-bond donors (Lipinski definition) is 2. The highest BCUT2D eigenvalue weighted by atomic mass is 35.5. The fraction of sp³-hybridized carbons (Fsp3) is 0.471. The van der Waals surface area contributed by atoms with Crippen LogP contribution in [0.15, 0.2) is 41.6 Å². The Morgan fingerprint density at radius 2 is 2.00 bits per heavy atom. The molecule has 0 atom stereocenters. The van der Waals surface area contributed by atoms with Crippen LogP contribution in [0.5, 0.6) is 5.75 Å². The van der Waals surface area contributed by atoms with Crippen molar-refractivity contribution in [2.45, 2.75) is 24.7 Å². The number of methoxy groups -OCH3 is 1. The van der Waals surface area contributed by atoms with Crippen LogP contribution < -0.4 is 14.8 Å². The molecule has 1 fully saturated rings. The molecule has 1 aromatic heterocycles. The zero-order valence-electron chi connectivity index (χ0n) is 14.9. The standard InChI is InChI=1S/C17H24N4O3S.ClH/c1-17(7-9-18-10-8-17)13-20-25(22,23)14-11-19-21(12-14)15-5-3-4-6-16(15)24-2;/h3-6,11-12,18,20H,7-10,13H2,1-2H3;1H. The molecule has 2 heterocycles. The van der Waals surface area contributed by atoms with Gasteiger partial charge in [0.25, 0.3) is 0 Å². The van der Waals surface area contributed by atoms with Crippen LogP contribution in [0.3, 0.4) is 0 Å². The molecular weight excluding hydrogens is 376 g/mol. The zero-order valence-corrected chi connectivity index (χ0v) is 16.6. The molecule has 1 aromatic carbocycles. The fourth-order valence-corrected chi connectivity index (χ4v) is 4.09. The van der Waals surface area contributed by atoms with Crippen molar-refractivity contribution in [2.75, 3.05) is 26.7 Å². The predicted octanol–water partition coefficient (Wildman–Crippen LogP) is 1.97. The van der Waals surface area contributed by atoms with E-state index >= 15 is 0 Å². The molecule has 0 saturated carbocycles. The lowest BCUT2D eigenvalue weighted by molar-refractivity contribution is 0.232. The first kappa shape index (κ1) is 20.7. The summed E-state index contributed by atoms with van der Waals surface area (Å²) in [6, 6.07) is 7.34. The van der Waals surface area contributed by atoms with E-state index in [0.717, 1.165) is 25.9 Å². The van der Waals surface area contributed by atoms with Crippen molar-refractivity contribution >= 4 is 22.4 Å². The maximum absolute atomic E-state index is 12.6. The second-order valence-electron chi connectivity index (χ2n) is 6.68. The van der Waals surface area contributed by atoms with E-state index in [1.165, 1.54) is 17.1 Å². The van der Waals surface area contributed by atoms with Gasteiger partial charge in [0.2, 0.25) is 10.0 Å². The molecule has 2 aromatic rings. The van der Waals surface area contributed by atoms with Gasteiger partial charge < -0.3 is 10.1 Å². The molecule has 3 rings (SSSR count). The van der Waals surface area contributed by atoms with Crippen molar-refractivity contribution in [3.8, 4) is 11.4 Å². The van der Waals surface area contributed by atoms with Crippen LogP contribution in [0.1, 0.15) is 19.8 Å². The minimum atomic E-state index is -3.60. The van der Waals surface area contributed by atoms with E-state index in [1.807, 2.05) is 18.2 Å². The summed E-state index contributed by atoms with van der Waals surface area (Å²) >= 11 is 0. The van der Waals surface area contributed by atoms with E-state index in [-0.39, 0.29) is 22.7 Å². The van der Waals surface area contributed by atoms with E-state index in [0.29, 0.717) is 18.0 Å². The first-order valence-corrected chi connectivity index (χ1v) is 9.80. The number of aromatic nitrogens is 2. The van der Waals surface area contributed by atoms with Gasteiger partial charge in [0.05, 0.1) is 19.5 Å². The molecule has 0 unspecified atom stereocenters. The Labute approximate surface area is 160 Å². The lowest BCUT2D eigenvalue weighted by atomic mass is 9.81. The molecule has 0 spiro atoms. The lowest BCUT2D eigenvalue weighted by Gasteiger charge is -2.33. The zero-order chi connectivity index (χ0) is 17.9. The van der Waals surface area contributed by atoms with Crippen LogP contribution in [0, 0.1) is 5.41 Å². The van der Waals surface area contributed by atoms with Gasteiger partial charge in [0.1, 0.15) is 16.3 Å². The second kappa shape index (κ2) is 8.39. The molecule has 1 aliphatic heterocycles. The first-order valence-electron chi connectivity index (χ1n) is 8.32. The average Bonchev–Trinajstić information content (AvgIpc) is 3.12. The molecule has 26 heavy (non-hydrogen) atoms. The summed E-state index contributed by atoms with van der Waals surface area (Å²) in [7, 11) is -2.03. The molecule has 2 N–H and O–H groups in total. The molecule has 1 saturated heterocycles. The van der Waals surface area contributed by atoms with Crippen molar-refractivity contribution in [3.05, 3.63) is 36.7 Å². The van der Waals surface area contributed by atoms with Crippen LogP contribution in [-0.4, -0.2) is 44.9 Å². The second-order valence-corrected chi connectivity index (χ2v) is 8.44. The van der Waals surface area contributed by atoms with E-state index in [2.05, 4.69) is 22.1 Å². The van der Waals surface area contributed by atoms with Crippen LogP contribution in [0.4, 0.5) is 0 Å². The van der Waals surface area contributed by atoms with Crippen molar-refractivity contribution in [1.29, 1.82) is 0 Å². The van der Waals surface area contributed by atoms with E-state index < -0.39 is 10.0 Å². The summed E-state index contributed by atoms with van der Waals surface area (Å²) in [4.78, 5) is 0.149. The summed E-state index contributed by atoms with van der Waals surface area (Å²) < 4.78 is 34.8. The summed E-state index contributed by atoms with van der Waals surface area (Å²) in [5.41, 5.74) is 0.675. The van der Waals surface area contributed by atoms with Gasteiger partial charge in [-0.3, -0.25) is 0 Å². The number of rotatable bonds is 6. The van der Waals surface area contributed by atoms with Crippen molar-refractivity contribution in [3.63, 3.8) is 0 Å². The van der Waals surface area contributed by atoms with Gasteiger partial charge in [-0.1, -0.05) is 19.1 Å². The molecule has 0 radical (unpaired) electrons. The number of ether oxygens (including phenoxy) is 1. The molecule has 144 valence electrons. The van der Waals surface area contributed by atoms with Crippen LogP contribution in [0.25, 0.3) is 5.69 Å². The minimum absolute atomic E-state index is 0. The van der Waals surface area contributed by atoms with E-state index in [1.54, 1.807) is 13.2 Å². The van der Waals surface area contributed by atoms with Gasteiger partial charge in [0, 0.05) is 6.54 Å². The average molecular weight is 401 g/mol. The maximum Gasteiger partial charge on any atom is 0.243 e. The number of nitrogens with one attached hydrogen (secondary N) is 2. The Balaban J connectivity index is 0.00000243. The Kier molecular flexibility index (Phi) is 6.68. The van der Waals surface area contributed by atoms with Crippen LogP contribution >= 0.6 is 12.4 Å². The third kappa shape index (κ3) is 4.56. The highest BCUT2D eigenvalue weighted by molar-refractivity contribution is 7.89. The van der Waals surface area contributed by atoms with Crippen LogP contribution in [-0.2, 0) is 10.0 Å². The first-order chi connectivity index (χ1) is 11.9. The molecule has 9 heteroatoms. The Morgan fingerprint density at radius 3 is 2.69 bits per heavy atom. The Bertz CT molecular complexity index is 832. The smallest absolute Gasteiger partial charge is 0.243 e. The quantitative estimate of drug-likeness (QED) is 0.774. The third-order valence-electron chi connectivity index (χ3n) is 4.70. The number of hydrogen-bond acceptors (Lipinski definition) is 5. The molecule has 0 bridgehead atoms. The number of nitrogens with zero attached hydrogens (tertiary/aromatic N) is 2. The summed E-state index contributed by atoms with van der Waals surface area (Å²) in [5.74, 6) is 0.629. The number of piperidine rings is 1. The van der Waals surface area contributed by atoms with Gasteiger partial charge in [-0.25, -0.2) is 17.8 Å². The van der Waals surface area contributed by atoms with Crippen molar-refractivity contribution < 1.29 is 13.2 Å². The van der Waals surface area contributed by atoms with E-state index in [9.17, 15) is 8.42 Å². The Hall–Kier alpha value is -1.61. The summed E-state index contributed by atoms with van der Waals surface area (Å²) in [5, 5.41) is 7.48. The number of benzene rings is 1. The van der Waals surface area contributed by atoms with E-state index in [4.69, 9.17) is 4.74 Å². The molecular formula is C17H25ClN4O3S. The summed E-state index contributed by atoms with van der Waals surface area (Å²) in [6.45, 7) is 4.39. The van der Waals surface area contributed by atoms with Gasteiger partial charge in [-0.05, 0) is 43.5 Å². The fourth-order valence-electron chi connectivity index (χ4n) is 2.96. The number of sulfonamides is 1. The monoisotopic (exact) mass is 400 g/mol. The Morgan fingerprint density at radius 1 is 1.31 bits per heavy atom. The largest absolute Gasteiger partial charge is 0.494 e. The third-order valence-corrected chi connectivity index (χ3v) is 6.06. The normalized spacial score (nSPS) is 16.7. The predicted molar refractivity (Wildman–Crippen MR) is 103 cm³/mol. The van der Waals surface area contributed by atoms with Crippen molar-refractivity contribution in [2.24, 2.45) is 5.41 Å². The van der Waals surface area contributed by atoms with Gasteiger partial charge in [0.15, 0.2) is 0 Å². The molecule has 0 amide bonds. The molecule has 1 aliphatic rings. The van der Waals surface area contributed by atoms with Crippen LogP contribution in [0.2, 0.25) is 0 Å². The lowest BCUT2D eigenvalue weighted by Crippen LogP contribution is -2.42. The SMILES string of the molecule is COc1ccccc1-n1cc(S(=O)(=O)NCC2(C)CCNCC2)cn1.Cl. The molecule has 0 aliphatic carbocycles. The highest BCUT2D eigenvalue weighted by Gasteiger charge is 2.29. The number of para-hydroxylation sites is 2. The van der Waals surface area contributed by atoms with Crippen molar-refractivity contribution in [1.82, 2.24) is 19.8 Å². The maximum atomic E-state index is 12.6. The molecule has 7 nitrogen and oxygen atoms in total. The van der Waals surface area contributed by atoms with Gasteiger partial charge in [-0.2, -0.15) is 5.10 Å².